The van der Waals surface area contributed by atoms with E-state index in [9.17, 15) is 14.7 Å². The molecule has 0 aliphatic carbocycles. The van der Waals surface area contributed by atoms with Crippen molar-refractivity contribution in [3.8, 4) is 11.5 Å². The fourth-order valence-corrected chi connectivity index (χ4v) is 5.76. The first-order valence-electron chi connectivity index (χ1n) is 11.8. The summed E-state index contributed by atoms with van der Waals surface area (Å²) in [6, 6.07) is 15.5. The molecule has 4 aliphatic heterocycles. The molecule has 1 atom stereocenters. The Morgan fingerprint density at radius 3 is 2.31 bits per heavy atom. The minimum atomic E-state index is -1.98. The minimum Gasteiger partial charge on any atom is -1.00 e. The lowest BCUT2D eigenvalue weighted by molar-refractivity contribution is -0.939. The summed E-state index contributed by atoms with van der Waals surface area (Å²) in [5, 5.41) is 18.4. The second-order valence-corrected chi connectivity index (χ2v) is 9.65. The molecule has 0 spiro atoms. The van der Waals surface area contributed by atoms with Crippen molar-refractivity contribution in [2.75, 3.05) is 31.5 Å². The van der Waals surface area contributed by atoms with Crippen molar-refractivity contribution >= 4 is 17.7 Å². The van der Waals surface area contributed by atoms with E-state index in [0.29, 0.717) is 39.5 Å². The number of halogens is 1. The molecule has 1 unspecified atom stereocenters. The Morgan fingerprint density at radius 2 is 1.69 bits per heavy atom. The van der Waals surface area contributed by atoms with Crippen LogP contribution in [0.25, 0.3) is 0 Å². The normalized spacial score (nSPS) is 24.9. The van der Waals surface area contributed by atoms with E-state index in [1.165, 1.54) is 6.26 Å². The van der Waals surface area contributed by atoms with Gasteiger partial charge < -0.3 is 45.9 Å². The zero-order valence-electron chi connectivity index (χ0n) is 19.4. The van der Waals surface area contributed by atoms with Crippen LogP contribution in [0.1, 0.15) is 24.0 Å². The molecule has 9 nitrogen and oxygen atoms in total. The van der Waals surface area contributed by atoms with Crippen LogP contribution in [-0.4, -0.2) is 58.9 Å². The Balaban J connectivity index is 0.00000267. The van der Waals surface area contributed by atoms with E-state index in [1.807, 2.05) is 0 Å². The maximum absolute atomic E-state index is 13.7. The van der Waals surface area contributed by atoms with Crippen molar-refractivity contribution in [1.82, 2.24) is 5.16 Å². The van der Waals surface area contributed by atoms with Gasteiger partial charge in [0.15, 0.2) is 18.5 Å². The SMILES string of the molecule is O=C(C[N+]12CCC(CC1)C(OC(=O)C1(O)c3ccccc3Oc3ccccc31)C2)Nc1ccon1.[Br-]. The first kappa shape index (κ1) is 24.5. The lowest BCUT2D eigenvalue weighted by Crippen LogP contribution is -3.00. The van der Waals surface area contributed by atoms with Gasteiger partial charge in [-0.25, -0.2) is 4.79 Å². The topological polar surface area (TPSA) is 111 Å². The molecule has 0 saturated carbocycles. The first-order chi connectivity index (χ1) is 17.0. The summed E-state index contributed by atoms with van der Waals surface area (Å²) in [5.41, 5.74) is -1.26. The number of nitrogens with zero attached hydrogens (tertiary/aromatic N) is 2. The van der Waals surface area contributed by atoms with Crippen molar-refractivity contribution in [3.63, 3.8) is 0 Å². The summed E-state index contributed by atoms with van der Waals surface area (Å²) in [6.45, 7) is 2.47. The molecule has 5 heterocycles. The third-order valence-corrected chi connectivity index (χ3v) is 7.55. The number of hydrogen-bond acceptors (Lipinski definition) is 7. The van der Waals surface area contributed by atoms with Crippen LogP contribution >= 0.6 is 0 Å². The smallest absolute Gasteiger partial charge is 0.348 e. The van der Waals surface area contributed by atoms with Crippen LogP contribution in [0.15, 0.2) is 65.4 Å². The predicted octanol–water partition coefficient (Wildman–Crippen LogP) is -0.189. The number of piperidine rings is 3. The highest BCUT2D eigenvalue weighted by atomic mass is 79.9. The summed E-state index contributed by atoms with van der Waals surface area (Å²) in [6.07, 6.45) is 2.71. The Hall–Kier alpha value is -3.21. The van der Waals surface area contributed by atoms with E-state index in [1.54, 1.807) is 54.6 Å². The number of quaternary nitrogens is 1. The van der Waals surface area contributed by atoms with Crippen molar-refractivity contribution in [2.24, 2.45) is 5.92 Å². The van der Waals surface area contributed by atoms with Gasteiger partial charge in [0.2, 0.25) is 5.60 Å². The second kappa shape index (κ2) is 9.34. The number of fused-ring (bicyclic) bond motifs is 5. The summed E-state index contributed by atoms with van der Waals surface area (Å²) >= 11 is 0. The van der Waals surface area contributed by atoms with Crippen molar-refractivity contribution < 1.29 is 50.2 Å². The van der Waals surface area contributed by atoms with E-state index < -0.39 is 17.7 Å². The zero-order chi connectivity index (χ0) is 24.0. The minimum absolute atomic E-state index is 0. The van der Waals surface area contributed by atoms with Gasteiger partial charge in [-0.1, -0.05) is 41.6 Å². The summed E-state index contributed by atoms with van der Waals surface area (Å²) in [4.78, 5) is 26.4. The number of anilines is 1. The van der Waals surface area contributed by atoms with Crippen LogP contribution in [0.2, 0.25) is 0 Å². The number of carbonyl (C=O) groups is 2. The summed E-state index contributed by atoms with van der Waals surface area (Å²) in [7, 11) is 0. The number of aliphatic hydroxyl groups is 1. The van der Waals surface area contributed by atoms with Crippen molar-refractivity contribution in [2.45, 2.75) is 24.5 Å². The van der Waals surface area contributed by atoms with E-state index in [2.05, 4.69) is 10.5 Å². The molecule has 1 aromatic heterocycles. The summed E-state index contributed by atoms with van der Waals surface area (Å²) in [5.74, 6) is 0.550. The lowest BCUT2D eigenvalue weighted by atomic mass is 9.81. The molecule has 2 bridgehead atoms. The standard InChI is InChI=1S/C26H25N3O6.BrH/c30-24(27-23-11-14-33-28-23)16-29-12-9-17(10-13-29)22(15-29)35-25(31)26(32)18-5-1-3-7-20(18)34-21-8-4-2-6-19(21)26;/h1-8,11,14,17,22,32H,9-10,12-13,15-16H2;1H. The zero-order valence-corrected chi connectivity index (χ0v) is 21.0. The molecule has 10 heteroatoms. The Kier molecular flexibility index (Phi) is 6.36. The molecule has 2 N–H and O–H groups in total. The van der Waals surface area contributed by atoms with Gasteiger partial charge in [0, 0.05) is 36.0 Å². The van der Waals surface area contributed by atoms with Gasteiger partial charge in [-0.3, -0.25) is 4.79 Å². The molecule has 188 valence electrons. The van der Waals surface area contributed by atoms with E-state index in [0.717, 1.165) is 25.9 Å². The molecule has 0 radical (unpaired) electrons. The van der Waals surface area contributed by atoms with Crippen LogP contribution in [0.3, 0.4) is 0 Å². The number of esters is 1. The van der Waals surface area contributed by atoms with Gasteiger partial charge in [-0.15, -0.1) is 0 Å². The molecule has 4 aliphatic rings. The average molecular weight is 556 g/mol. The predicted molar refractivity (Wildman–Crippen MR) is 123 cm³/mol. The quantitative estimate of drug-likeness (QED) is 0.331. The molecule has 3 aromatic rings. The molecular weight excluding hydrogens is 530 g/mol. The van der Waals surface area contributed by atoms with Crippen LogP contribution in [0.4, 0.5) is 5.82 Å². The Bertz CT molecular complexity index is 1230. The van der Waals surface area contributed by atoms with Crippen molar-refractivity contribution in [3.05, 3.63) is 72.0 Å². The van der Waals surface area contributed by atoms with Crippen LogP contribution < -0.4 is 27.0 Å². The number of nitrogens with one attached hydrogen (secondary N) is 1. The van der Waals surface area contributed by atoms with Crippen LogP contribution in [-0.2, 0) is 19.9 Å². The molecule has 3 saturated heterocycles. The van der Waals surface area contributed by atoms with Gasteiger partial charge in [-0.2, -0.15) is 0 Å². The third kappa shape index (κ3) is 4.08. The largest absolute Gasteiger partial charge is 1.00 e. The van der Waals surface area contributed by atoms with E-state index >= 15 is 0 Å². The molecule has 7 rings (SSSR count). The van der Waals surface area contributed by atoms with Gasteiger partial charge >= 0.3 is 5.97 Å². The number of carbonyl (C=O) groups excluding carboxylic acids is 2. The van der Waals surface area contributed by atoms with Gasteiger partial charge in [0.25, 0.3) is 5.91 Å². The number of para-hydroxylation sites is 2. The first-order valence-corrected chi connectivity index (χ1v) is 11.8. The highest BCUT2D eigenvalue weighted by molar-refractivity contribution is 5.90. The second-order valence-electron chi connectivity index (χ2n) is 9.65. The number of hydrogen-bond donors (Lipinski definition) is 2. The van der Waals surface area contributed by atoms with Gasteiger partial charge in [0.05, 0.1) is 13.1 Å². The van der Waals surface area contributed by atoms with E-state index in [-0.39, 0.29) is 35.4 Å². The van der Waals surface area contributed by atoms with Crippen LogP contribution in [0, 0.1) is 5.92 Å². The molecular formula is C26H26BrN3O6. The number of aromatic nitrogens is 1. The fourth-order valence-electron chi connectivity index (χ4n) is 5.76. The van der Waals surface area contributed by atoms with Crippen LogP contribution in [0.5, 0.6) is 11.5 Å². The highest BCUT2D eigenvalue weighted by Crippen LogP contribution is 2.48. The fraction of sp³-hybridized carbons (Fsp3) is 0.346. The summed E-state index contributed by atoms with van der Waals surface area (Å²) < 4.78 is 17.3. The van der Waals surface area contributed by atoms with Gasteiger partial charge in [-0.05, 0) is 12.1 Å². The Labute approximate surface area is 218 Å². The van der Waals surface area contributed by atoms with Crippen molar-refractivity contribution in [1.29, 1.82) is 0 Å². The maximum Gasteiger partial charge on any atom is 0.348 e. The molecule has 2 aromatic carbocycles. The third-order valence-electron chi connectivity index (χ3n) is 7.55. The molecule has 36 heavy (non-hydrogen) atoms. The van der Waals surface area contributed by atoms with Gasteiger partial charge in [0.1, 0.15) is 24.3 Å². The average Bonchev–Trinajstić information content (AvgIpc) is 3.37. The highest BCUT2D eigenvalue weighted by Gasteiger charge is 2.53. The number of rotatable bonds is 5. The molecule has 1 amide bonds. The molecule has 3 fully saturated rings. The van der Waals surface area contributed by atoms with E-state index in [4.69, 9.17) is 14.0 Å². The number of amides is 1. The lowest BCUT2D eigenvalue weighted by Gasteiger charge is -2.51. The number of ether oxygens (including phenoxy) is 2. The Morgan fingerprint density at radius 1 is 1.06 bits per heavy atom. The maximum atomic E-state index is 13.7. The monoisotopic (exact) mass is 555 g/mol. The number of benzene rings is 2.